The number of amides is 1. The highest BCUT2D eigenvalue weighted by Crippen LogP contribution is 2.33. The molecule has 1 aliphatic heterocycles. The van der Waals surface area contributed by atoms with Crippen LogP contribution in [0.25, 0.3) is 0 Å². The Morgan fingerprint density at radius 2 is 2.32 bits per heavy atom. The number of nitrogens with one attached hydrogen (secondary N) is 1. The third-order valence-corrected chi connectivity index (χ3v) is 3.41. The molecular formula is C15H22N2O2. The lowest BCUT2D eigenvalue weighted by molar-refractivity contribution is -0.123. The summed E-state index contributed by atoms with van der Waals surface area (Å²) in [5.74, 6) is 0.852. The van der Waals surface area contributed by atoms with E-state index in [9.17, 15) is 4.79 Å². The van der Waals surface area contributed by atoms with Crippen LogP contribution in [0, 0.1) is 0 Å². The quantitative estimate of drug-likeness (QED) is 0.795. The first kappa shape index (κ1) is 13.9. The highest BCUT2D eigenvalue weighted by molar-refractivity contribution is 5.84. The van der Waals surface area contributed by atoms with Gasteiger partial charge in [-0.25, -0.2) is 0 Å². The Balaban J connectivity index is 1.90. The second-order valence-corrected chi connectivity index (χ2v) is 5.14. The lowest BCUT2D eigenvalue weighted by Gasteiger charge is -2.25. The molecule has 0 bridgehead atoms. The summed E-state index contributed by atoms with van der Waals surface area (Å²) in [6.45, 7) is 3.28. The van der Waals surface area contributed by atoms with Gasteiger partial charge in [-0.3, -0.25) is 4.79 Å². The van der Waals surface area contributed by atoms with Gasteiger partial charge in [-0.2, -0.15) is 0 Å². The zero-order chi connectivity index (χ0) is 13.7. The molecule has 1 heterocycles. The van der Waals surface area contributed by atoms with Gasteiger partial charge in [0.05, 0.1) is 12.5 Å². The summed E-state index contributed by atoms with van der Waals surface area (Å²) < 4.78 is 5.56. The van der Waals surface area contributed by atoms with E-state index in [-0.39, 0.29) is 17.9 Å². The first-order valence-electron chi connectivity index (χ1n) is 6.93. The van der Waals surface area contributed by atoms with E-state index in [0.717, 1.165) is 30.6 Å². The molecule has 2 atom stereocenters. The number of ether oxygens (including phenoxy) is 1. The molecule has 104 valence electrons. The van der Waals surface area contributed by atoms with Crippen LogP contribution in [0.5, 0.6) is 5.75 Å². The van der Waals surface area contributed by atoms with Gasteiger partial charge in [-0.15, -0.1) is 0 Å². The fourth-order valence-electron chi connectivity index (χ4n) is 2.37. The van der Waals surface area contributed by atoms with Crippen molar-refractivity contribution in [2.45, 2.75) is 38.1 Å². The molecule has 0 spiro atoms. The lowest BCUT2D eigenvalue weighted by Crippen LogP contribution is -2.33. The first-order valence-corrected chi connectivity index (χ1v) is 6.93. The minimum absolute atomic E-state index is 0.0831. The average molecular weight is 262 g/mol. The van der Waals surface area contributed by atoms with Gasteiger partial charge < -0.3 is 15.8 Å². The molecule has 1 aliphatic rings. The van der Waals surface area contributed by atoms with Crippen LogP contribution in [0.2, 0.25) is 0 Å². The van der Waals surface area contributed by atoms with E-state index in [1.807, 2.05) is 31.2 Å². The Labute approximate surface area is 114 Å². The fraction of sp³-hybridized carbons (Fsp3) is 0.533. The highest BCUT2D eigenvalue weighted by Gasteiger charge is 2.26. The largest absolute Gasteiger partial charge is 0.493 e. The summed E-state index contributed by atoms with van der Waals surface area (Å²) in [5, 5.41) is 3.00. The topological polar surface area (TPSA) is 64.3 Å². The number of hydrogen-bond donors (Lipinski definition) is 2. The Morgan fingerprint density at radius 1 is 1.53 bits per heavy atom. The van der Waals surface area contributed by atoms with Crippen molar-refractivity contribution in [1.82, 2.24) is 5.32 Å². The van der Waals surface area contributed by atoms with Gasteiger partial charge >= 0.3 is 0 Å². The first-order chi connectivity index (χ1) is 9.18. The van der Waals surface area contributed by atoms with Gasteiger partial charge in [-0.1, -0.05) is 18.2 Å². The minimum atomic E-state index is -0.0831. The molecule has 1 aromatic carbocycles. The zero-order valence-corrected chi connectivity index (χ0v) is 11.4. The van der Waals surface area contributed by atoms with Gasteiger partial charge in [-0.05, 0) is 32.3 Å². The van der Waals surface area contributed by atoms with Crippen molar-refractivity contribution in [1.29, 1.82) is 0 Å². The van der Waals surface area contributed by atoms with E-state index in [2.05, 4.69) is 5.32 Å². The molecule has 3 N–H and O–H groups in total. The number of carbonyl (C=O) groups excluding carboxylic acids is 1. The molecule has 0 fully saturated rings. The molecule has 0 aliphatic carbocycles. The normalized spacial score (nSPS) is 19.2. The van der Waals surface area contributed by atoms with Gasteiger partial charge in [0.2, 0.25) is 5.91 Å². The smallest absolute Gasteiger partial charge is 0.227 e. The lowest BCUT2D eigenvalue weighted by atomic mass is 9.92. The van der Waals surface area contributed by atoms with Crippen molar-refractivity contribution < 1.29 is 9.53 Å². The Bertz CT molecular complexity index is 432. The van der Waals surface area contributed by atoms with Crippen LogP contribution in [0.4, 0.5) is 0 Å². The van der Waals surface area contributed by atoms with Gasteiger partial charge in [0, 0.05) is 18.2 Å². The Hall–Kier alpha value is -1.55. The average Bonchev–Trinajstić information content (AvgIpc) is 2.42. The van der Waals surface area contributed by atoms with Crippen LogP contribution in [-0.2, 0) is 4.79 Å². The second kappa shape index (κ2) is 6.57. The molecule has 4 heteroatoms. The van der Waals surface area contributed by atoms with Crippen LogP contribution in [0.3, 0.4) is 0 Å². The molecule has 0 aromatic heterocycles. The summed E-state index contributed by atoms with van der Waals surface area (Å²) in [5.41, 5.74) is 6.68. The summed E-state index contributed by atoms with van der Waals surface area (Å²) >= 11 is 0. The third-order valence-electron chi connectivity index (χ3n) is 3.41. The number of para-hydroxylation sites is 1. The Kier molecular flexibility index (Phi) is 4.80. The number of nitrogens with two attached hydrogens (primary N) is 1. The van der Waals surface area contributed by atoms with E-state index in [0.29, 0.717) is 13.2 Å². The molecule has 2 unspecified atom stereocenters. The van der Waals surface area contributed by atoms with Crippen molar-refractivity contribution in [3.8, 4) is 5.75 Å². The molecule has 19 heavy (non-hydrogen) atoms. The fourth-order valence-corrected chi connectivity index (χ4v) is 2.37. The van der Waals surface area contributed by atoms with Crippen LogP contribution in [0.1, 0.15) is 37.7 Å². The molecule has 0 radical (unpaired) electrons. The number of rotatable bonds is 5. The number of carbonyl (C=O) groups is 1. The summed E-state index contributed by atoms with van der Waals surface area (Å²) in [6.07, 6.45) is 2.61. The van der Waals surface area contributed by atoms with E-state index in [1.54, 1.807) is 0 Å². The van der Waals surface area contributed by atoms with Crippen LogP contribution in [-0.4, -0.2) is 25.1 Å². The maximum atomic E-state index is 12.2. The van der Waals surface area contributed by atoms with Crippen LogP contribution < -0.4 is 15.8 Å². The summed E-state index contributed by atoms with van der Waals surface area (Å²) in [7, 11) is 0. The maximum absolute atomic E-state index is 12.2. The van der Waals surface area contributed by atoms with E-state index in [1.165, 1.54) is 0 Å². The van der Waals surface area contributed by atoms with E-state index >= 15 is 0 Å². The minimum Gasteiger partial charge on any atom is -0.493 e. The number of fused-ring (bicyclic) bond motifs is 1. The highest BCUT2D eigenvalue weighted by atomic mass is 16.5. The van der Waals surface area contributed by atoms with Gasteiger partial charge in [0.15, 0.2) is 0 Å². The van der Waals surface area contributed by atoms with E-state index < -0.39 is 0 Å². The summed E-state index contributed by atoms with van der Waals surface area (Å²) in [4.78, 5) is 12.2. The molecule has 4 nitrogen and oxygen atoms in total. The number of hydrogen-bond acceptors (Lipinski definition) is 3. The summed E-state index contributed by atoms with van der Waals surface area (Å²) in [6, 6.07) is 7.97. The van der Waals surface area contributed by atoms with Crippen molar-refractivity contribution in [3.63, 3.8) is 0 Å². The molecule has 0 saturated carbocycles. The SMILES string of the molecule is CC(N)CCCNC(=O)C1CCOc2ccccc21. The molecule has 2 rings (SSSR count). The standard InChI is InChI=1S/C15H22N2O2/c1-11(16)5-4-9-17-15(18)13-8-10-19-14-7-3-2-6-12(13)14/h2-3,6-7,11,13H,4-5,8-10,16H2,1H3,(H,17,18). The van der Waals surface area contributed by atoms with E-state index in [4.69, 9.17) is 10.5 Å². The monoisotopic (exact) mass is 262 g/mol. The maximum Gasteiger partial charge on any atom is 0.227 e. The molecule has 1 amide bonds. The second-order valence-electron chi connectivity index (χ2n) is 5.14. The molecular weight excluding hydrogens is 240 g/mol. The molecule has 0 saturated heterocycles. The zero-order valence-electron chi connectivity index (χ0n) is 11.4. The molecule has 1 aromatic rings. The Morgan fingerprint density at radius 3 is 3.11 bits per heavy atom. The van der Waals surface area contributed by atoms with Crippen molar-refractivity contribution in [3.05, 3.63) is 29.8 Å². The van der Waals surface area contributed by atoms with Crippen molar-refractivity contribution in [2.75, 3.05) is 13.2 Å². The predicted octanol–water partition coefficient (Wildman–Crippen LogP) is 1.80. The van der Waals surface area contributed by atoms with Crippen LogP contribution >= 0.6 is 0 Å². The van der Waals surface area contributed by atoms with Crippen molar-refractivity contribution >= 4 is 5.91 Å². The third kappa shape index (κ3) is 3.70. The predicted molar refractivity (Wildman–Crippen MR) is 75.2 cm³/mol. The number of benzene rings is 1. The van der Waals surface area contributed by atoms with Crippen LogP contribution in [0.15, 0.2) is 24.3 Å². The van der Waals surface area contributed by atoms with Gasteiger partial charge in [0.25, 0.3) is 0 Å². The van der Waals surface area contributed by atoms with Gasteiger partial charge in [0.1, 0.15) is 5.75 Å². The van der Waals surface area contributed by atoms with Crippen molar-refractivity contribution in [2.24, 2.45) is 5.73 Å².